The van der Waals surface area contributed by atoms with E-state index in [2.05, 4.69) is 15.5 Å². The number of carbonyl (C=O) groups is 2. The van der Waals surface area contributed by atoms with E-state index in [1.54, 1.807) is 17.0 Å². The van der Waals surface area contributed by atoms with E-state index in [-0.39, 0.29) is 17.9 Å². The van der Waals surface area contributed by atoms with Crippen LogP contribution in [0.3, 0.4) is 0 Å². The average Bonchev–Trinajstić information content (AvgIpc) is 3.36. The lowest BCUT2D eigenvalue weighted by atomic mass is 9.94. The number of fused-ring (bicyclic) bond motifs is 1. The molecule has 1 atom stereocenters. The largest absolute Gasteiger partial charge is 0.459 e. The van der Waals surface area contributed by atoms with Crippen molar-refractivity contribution < 1.29 is 14.0 Å². The number of aromatic nitrogens is 2. The molecule has 0 radical (unpaired) electrons. The van der Waals surface area contributed by atoms with Crippen LogP contribution in [-0.2, 0) is 24.1 Å². The molecular weight excluding hydrogens is 344 g/mol. The Labute approximate surface area is 158 Å². The summed E-state index contributed by atoms with van der Waals surface area (Å²) < 4.78 is 5.20. The first kappa shape index (κ1) is 17.8. The van der Waals surface area contributed by atoms with Crippen molar-refractivity contribution in [2.75, 3.05) is 13.1 Å². The molecule has 7 heteroatoms. The van der Waals surface area contributed by atoms with Gasteiger partial charge in [0.2, 0.25) is 5.91 Å². The number of likely N-dealkylation sites (tertiary alicyclic amines) is 1. The fourth-order valence-electron chi connectivity index (χ4n) is 4.12. The molecule has 1 saturated heterocycles. The van der Waals surface area contributed by atoms with Gasteiger partial charge < -0.3 is 14.6 Å². The van der Waals surface area contributed by atoms with Gasteiger partial charge >= 0.3 is 0 Å². The molecule has 27 heavy (non-hydrogen) atoms. The van der Waals surface area contributed by atoms with Crippen LogP contribution in [0.2, 0.25) is 0 Å². The van der Waals surface area contributed by atoms with Gasteiger partial charge in [-0.1, -0.05) is 0 Å². The average molecular weight is 370 g/mol. The third-order valence-electron chi connectivity index (χ3n) is 5.54. The molecule has 0 saturated carbocycles. The number of nitrogens with one attached hydrogen (secondary N) is 2. The predicted molar refractivity (Wildman–Crippen MR) is 99.3 cm³/mol. The normalized spacial score (nSPS) is 19.6. The molecule has 1 unspecified atom stereocenters. The van der Waals surface area contributed by atoms with Crippen LogP contribution in [0, 0.1) is 0 Å². The van der Waals surface area contributed by atoms with E-state index >= 15 is 0 Å². The van der Waals surface area contributed by atoms with Gasteiger partial charge in [-0.15, -0.1) is 0 Å². The third kappa shape index (κ3) is 4.07. The van der Waals surface area contributed by atoms with Gasteiger partial charge in [0, 0.05) is 37.7 Å². The van der Waals surface area contributed by atoms with Crippen molar-refractivity contribution in [2.24, 2.45) is 0 Å². The van der Waals surface area contributed by atoms with E-state index in [1.807, 2.05) is 0 Å². The van der Waals surface area contributed by atoms with E-state index < -0.39 is 0 Å². The quantitative estimate of drug-likeness (QED) is 0.844. The number of amides is 2. The first-order valence-electron chi connectivity index (χ1n) is 9.88. The zero-order valence-electron chi connectivity index (χ0n) is 15.5. The van der Waals surface area contributed by atoms with Gasteiger partial charge in [-0.25, -0.2) is 0 Å². The van der Waals surface area contributed by atoms with Crippen LogP contribution < -0.4 is 5.32 Å². The highest BCUT2D eigenvalue weighted by Crippen LogP contribution is 2.23. The van der Waals surface area contributed by atoms with E-state index in [1.165, 1.54) is 30.4 Å². The molecular formula is C20H26N4O3. The fraction of sp³-hybridized carbons (Fsp3) is 0.550. The highest BCUT2D eigenvalue weighted by molar-refractivity contribution is 5.91. The van der Waals surface area contributed by atoms with Crippen LogP contribution in [0.4, 0.5) is 0 Å². The summed E-state index contributed by atoms with van der Waals surface area (Å²) in [5, 5.41) is 10.6. The molecule has 1 aliphatic carbocycles. The van der Waals surface area contributed by atoms with Crippen LogP contribution in [0.5, 0.6) is 0 Å². The Hall–Kier alpha value is -2.57. The monoisotopic (exact) mass is 370 g/mol. The van der Waals surface area contributed by atoms with Crippen molar-refractivity contribution in [3.05, 3.63) is 41.1 Å². The molecule has 0 bridgehead atoms. The summed E-state index contributed by atoms with van der Waals surface area (Å²) >= 11 is 0. The maximum Gasteiger partial charge on any atom is 0.289 e. The maximum absolute atomic E-state index is 12.4. The van der Waals surface area contributed by atoms with Crippen LogP contribution >= 0.6 is 0 Å². The van der Waals surface area contributed by atoms with Crippen LogP contribution in [0.15, 0.2) is 22.8 Å². The topological polar surface area (TPSA) is 91.2 Å². The molecule has 1 fully saturated rings. The Bertz CT molecular complexity index is 796. The summed E-state index contributed by atoms with van der Waals surface area (Å²) in [5.41, 5.74) is 3.61. The minimum Gasteiger partial charge on any atom is -0.459 e. The molecule has 0 spiro atoms. The van der Waals surface area contributed by atoms with Crippen LogP contribution in [0.25, 0.3) is 0 Å². The number of furan rings is 1. The van der Waals surface area contributed by atoms with Crippen molar-refractivity contribution in [1.29, 1.82) is 0 Å². The number of piperidine rings is 1. The standard InChI is InChI=1S/C20H26N4O3/c25-19(10-9-17-15-6-1-2-7-16(15)22-23-17)21-14-5-3-11-24(13-14)20(26)18-8-4-12-27-18/h4,8,12,14H,1-3,5-7,9-11,13H2,(H,21,25)(H,22,23). The highest BCUT2D eigenvalue weighted by Gasteiger charge is 2.27. The summed E-state index contributed by atoms with van der Waals surface area (Å²) in [5.74, 6) is 0.271. The summed E-state index contributed by atoms with van der Waals surface area (Å²) in [6, 6.07) is 3.39. The smallest absolute Gasteiger partial charge is 0.289 e. The first-order chi connectivity index (χ1) is 13.2. The highest BCUT2D eigenvalue weighted by atomic mass is 16.3. The number of H-pyrrole nitrogens is 1. The Balaban J connectivity index is 1.28. The zero-order chi connectivity index (χ0) is 18.6. The number of hydrogen-bond acceptors (Lipinski definition) is 4. The number of aryl methyl sites for hydroxylation is 2. The first-order valence-corrected chi connectivity index (χ1v) is 9.88. The van der Waals surface area contributed by atoms with Gasteiger partial charge in [0.25, 0.3) is 5.91 Å². The SMILES string of the molecule is O=C(CCc1n[nH]c2c1CCCC2)NC1CCCN(C(=O)c2ccco2)C1. The number of carbonyl (C=O) groups excluding carboxylic acids is 2. The van der Waals surface area contributed by atoms with Gasteiger partial charge in [-0.05, 0) is 56.2 Å². The van der Waals surface area contributed by atoms with E-state index in [4.69, 9.17) is 4.42 Å². The molecule has 4 rings (SSSR count). The van der Waals surface area contributed by atoms with E-state index in [0.29, 0.717) is 31.7 Å². The second kappa shape index (κ2) is 7.98. The van der Waals surface area contributed by atoms with Crippen molar-refractivity contribution in [3.63, 3.8) is 0 Å². The molecule has 2 aromatic rings. The number of hydrogen-bond donors (Lipinski definition) is 2. The Morgan fingerprint density at radius 1 is 1.30 bits per heavy atom. The minimum absolute atomic E-state index is 0.00161. The number of rotatable bonds is 5. The minimum atomic E-state index is -0.109. The molecule has 0 aromatic carbocycles. The van der Waals surface area contributed by atoms with Crippen LogP contribution in [-0.4, -0.2) is 46.0 Å². The summed E-state index contributed by atoms with van der Waals surface area (Å²) in [6.45, 7) is 1.23. The van der Waals surface area contributed by atoms with E-state index in [0.717, 1.165) is 31.4 Å². The van der Waals surface area contributed by atoms with Gasteiger partial charge in [0.15, 0.2) is 5.76 Å². The lowest BCUT2D eigenvalue weighted by molar-refractivity contribution is -0.122. The van der Waals surface area contributed by atoms with Crippen LogP contribution in [0.1, 0.15) is 59.6 Å². The fourth-order valence-corrected chi connectivity index (χ4v) is 4.12. The van der Waals surface area contributed by atoms with Gasteiger partial charge in [-0.2, -0.15) is 5.10 Å². The predicted octanol–water partition coefficient (Wildman–Crippen LogP) is 2.24. The summed E-state index contributed by atoms with van der Waals surface area (Å²) in [4.78, 5) is 26.6. The summed E-state index contributed by atoms with van der Waals surface area (Å²) in [6.07, 6.45) is 8.92. The van der Waals surface area contributed by atoms with E-state index in [9.17, 15) is 9.59 Å². The second-order valence-electron chi connectivity index (χ2n) is 7.47. The Kier molecular flexibility index (Phi) is 5.27. The van der Waals surface area contributed by atoms with Crippen molar-refractivity contribution in [3.8, 4) is 0 Å². The van der Waals surface area contributed by atoms with Gasteiger partial charge in [-0.3, -0.25) is 14.7 Å². The molecule has 3 heterocycles. The molecule has 2 aliphatic rings. The van der Waals surface area contributed by atoms with Crippen molar-refractivity contribution in [1.82, 2.24) is 20.4 Å². The molecule has 144 valence electrons. The molecule has 2 amide bonds. The zero-order valence-corrected chi connectivity index (χ0v) is 15.5. The number of aromatic amines is 1. The van der Waals surface area contributed by atoms with Gasteiger partial charge in [0.05, 0.1) is 12.0 Å². The lowest BCUT2D eigenvalue weighted by Gasteiger charge is -2.32. The van der Waals surface area contributed by atoms with Gasteiger partial charge in [0.1, 0.15) is 0 Å². The Morgan fingerprint density at radius 3 is 3.04 bits per heavy atom. The maximum atomic E-state index is 12.4. The molecule has 2 N–H and O–H groups in total. The number of nitrogens with zero attached hydrogens (tertiary/aromatic N) is 2. The lowest BCUT2D eigenvalue weighted by Crippen LogP contribution is -2.49. The van der Waals surface area contributed by atoms with Crippen molar-refractivity contribution >= 4 is 11.8 Å². The Morgan fingerprint density at radius 2 is 2.19 bits per heavy atom. The third-order valence-corrected chi connectivity index (χ3v) is 5.54. The molecule has 2 aromatic heterocycles. The second-order valence-corrected chi connectivity index (χ2v) is 7.47. The summed E-state index contributed by atoms with van der Waals surface area (Å²) in [7, 11) is 0. The molecule has 1 aliphatic heterocycles. The van der Waals surface area contributed by atoms with Crippen molar-refractivity contribution in [2.45, 2.75) is 57.4 Å². The molecule has 7 nitrogen and oxygen atoms in total.